The van der Waals surface area contributed by atoms with Crippen LogP contribution in [0.15, 0.2) is 40.5 Å². The molecule has 2 heterocycles. The number of ether oxygens (including phenoxy) is 2. The molecule has 0 aliphatic carbocycles. The second-order valence-electron chi connectivity index (χ2n) is 7.83. The Kier molecular flexibility index (Phi) is 8.16. The third kappa shape index (κ3) is 5.31. The van der Waals surface area contributed by atoms with Gasteiger partial charge in [0.1, 0.15) is 12.0 Å². The molecule has 1 saturated heterocycles. The second kappa shape index (κ2) is 10.6. The van der Waals surface area contributed by atoms with E-state index >= 15 is 0 Å². The maximum atomic E-state index is 14.2. The Morgan fingerprint density at radius 3 is 2.84 bits per heavy atom. The number of carboxylic acids is 1. The van der Waals surface area contributed by atoms with Crippen LogP contribution in [0.2, 0.25) is 0 Å². The van der Waals surface area contributed by atoms with E-state index in [2.05, 4.69) is 16.7 Å². The minimum atomic E-state index is -0.928. The largest absolute Gasteiger partial charge is 0.478 e. The molecular weight excluding hydrogens is 419 g/mol. The van der Waals surface area contributed by atoms with Gasteiger partial charge in [0.2, 0.25) is 0 Å². The zero-order chi connectivity index (χ0) is 22.5. The highest BCUT2D eigenvalue weighted by atomic mass is 32.2. The van der Waals surface area contributed by atoms with Crippen molar-refractivity contribution in [3.63, 3.8) is 0 Å². The molecule has 1 aromatic carbocycles. The molecule has 0 spiro atoms. The van der Waals surface area contributed by atoms with Gasteiger partial charge in [-0.15, -0.1) is 11.8 Å². The Morgan fingerprint density at radius 2 is 2.19 bits per heavy atom. The van der Waals surface area contributed by atoms with Crippen molar-refractivity contribution in [2.45, 2.75) is 46.1 Å². The lowest BCUT2D eigenvalue weighted by Crippen LogP contribution is -2.56. The lowest BCUT2D eigenvalue weighted by molar-refractivity contribution is -0.132. The van der Waals surface area contributed by atoms with Crippen LogP contribution in [0.3, 0.4) is 0 Å². The summed E-state index contributed by atoms with van der Waals surface area (Å²) in [5.74, 6) is -0.481. The van der Waals surface area contributed by atoms with E-state index < -0.39 is 5.97 Å². The number of aliphatic carboxylic acids is 1. The van der Waals surface area contributed by atoms with Crippen LogP contribution in [-0.2, 0) is 27.4 Å². The summed E-state index contributed by atoms with van der Waals surface area (Å²) in [5.41, 5.74) is 2.50. The molecule has 1 aromatic rings. The summed E-state index contributed by atoms with van der Waals surface area (Å²) in [6.45, 7) is 8.70. The monoisotopic (exact) mass is 450 g/mol. The third-order valence-electron chi connectivity index (χ3n) is 5.60. The van der Waals surface area contributed by atoms with Crippen molar-refractivity contribution in [1.82, 2.24) is 9.80 Å². The number of nitrogens with zero attached hydrogens (tertiary/aromatic N) is 2. The molecule has 170 valence electrons. The van der Waals surface area contributed by atoms with E-state index in [0.717, 1.165) is 28.5 Å². The third-order valence-corrected chi connectivity index (χ3v) is 6.60. The fourth-order valence-electron chi connectivity index (χ4n) is 4.14. The molecule has 0 bridgehead atoms. The molecule has 0 amide bonds. The summed E-state index contributed by atoms with van der Waals surface area (Å²) < 4.78 is 24.9. The average molecular weight is 451 g/mol. The van der Waals surface area contributed by atoms with Gasteiger partial charge in [-0.2, -0.15) is 0 Å². The van der Waals surface area contributed by atoms with Crippen molar-refractivity contribution in [3.8, 4) is 0 Å². The predicted molar refractivity (Wildman–Crippen MR) is 120 cm³/mol. The number of methoxy groups -OCH3 is 1. The summed E-state index contributed by atoms with van der Waals surface area (Å²) in [6, 6.07) is 5.21. The molecular formula is C23H31FN2O4S. The van der Waals surface area contributed by atoms with Crippen LogP contribution < -0.4 is 0 Å². The van der Waals surface area contributed by atoms with Crippen LogP contribution in [0.1, 0.15) is 31.9 Å². The maximum absolute atomic E-state index is 14.2. The SMILES string of the molecule is CCSC1=C(C(=O)O)C(C)=CC(N2CCOC[C@H]2C)N1Cc1ccc(F)c(COC)c1. The first-order chi connectivity index (χ1) is 14.9. The zero-order valence-electron chi connectivity index (χ0n) is 18.6. The first-order valence-corrected chi connectivity index (χ1v) is 11.5. The Labute approximate surface area is 187 Å². The van der Waals surface area contributed by atoms with Gasteiger partial charge in [-0.25, -0.2) is 9.18 Å². The van der Waals surface area contributed by atoms with Gasteiger partial charge < -0.3 is 19.5 Å². The number of hydrogen-bond donors (Lipinski definition) is 1. The molecule has 1 unspecified atom stereocenters. The number of carbonyl (C=O) groups is 1. The number of hydrogen-bond acceptors (Lipinski definition) is 6. The molecule has 6 nitrogen and oxygen atoms in total. The first-order valence-electron chi connectivity index (χ1n) is 10.5. The predicted octanol–water partition coefficient (Wildman–Crippen LogP) is 3.83. The van der Waals surface area contributed by atoms with E-state index in [0.29, 0.717) is 30.9 Å². The van der Waals surface area contributed by atoms with Crippen LogP contribution in [0.25, 0.3) is 0 Å². The lowest BCUT2D eigenvalue weighted by atomic mass is 10.0. The van der Waals surface area contributed by atoms with E-state index in [1.807, 2.05) is 19.9 Å². The average Bonchev–Trinajstić information content (AvgIpc) is 2.72. The minimum Gasteiger partial charge on any atom is -0.478 e. The maximum Gasteiger partial charge on any atom is 0.338 e. The number of rotatable bonds is 8. The van der Waals surface area contributed by atoms with Gasteiger partial charge in [0, 0.05) is 31.8 Å². The van der Waals surface area contributed by atoms with Gasteiger partial charge >= 0.3 is 5.97 Å². The van der Waals surface area contributed by atoms with Crippen LogP contribution in [-0.4, -0.2) is 65.7 Å². The standard InChI is InChI=1S/C23H31FN2O4S/c1-5-31-22-21(23(27)28)15(2)10-20(25-8-9-30-13-16(25)3)26(22)12-17-6-7-19(24)18(11-17)14-29-4/h6-7,10-11,16,20H,5,8-9,12-14H2,1-4H3,(H,27,28)/t16-,20?/m1/s1. The summed E-state index contributed by atoms with van der Waals surface area (Å²) in [4.78, 5) is 16.6. The molecule has 2 aliphatic heterocycles. The fourth-order valence-corrected chi connectivity index (χ4v) is 5.15. The normalized spacial score (nSPS) is 22.6. The molecule has 31 heavy (non-hydrogen) atoms. The van der Waals surface area contributed by atoms with Gasteiger partial charge in [-0.3, -0.25) is 4.90 Å². The quantitative estimate of drug-likeness (QED) is 0.646. The van der Waals surface area contributed by atoms with E-state index in [9.17, 15) is 14.3 Å². The molecule has 1 N–H and O–H groups in total. The van der Waals surface area contributed by atoms with Crippen molar-refractivity contribution in [2.24, 2.45) is 0 Å². The Bertz CT molecular complexity index is 873. The lowest BCUT2D eigenvalue weighted by Gasteiger charge is -2.47. The highest BCUT2D eigenvalue weighted by Crippen LogP contribution is 2.37. The highest BCUT2D eigenvalue weighted by molar-refractivity contribution is 8.03. The number of halogens is 1. The summed E-state index contributed by atoms with van der Waals surface area (Å²) >= 11 is 1.53. The van der Waals surface area contributed by atoms with Crippen LogP contribution in [0, 0.1) is 5.82 Å². The first kappa shape index (κ1) is 23.8. The molecule has 0 saturated carbocycles. The van der Waals surface area contributed by atoms with Gasteiger partial charge in [0.05, 0.1) is 30.4 Å². The summed E-state index contributed by atoms with van der Waals surface area (Å²) in [5, 5.41) is 10.7. The van der Waals surface area contributed by atoms with E-state index in [1.165, 1.54) is 24.9 Å². The van der Waals surface area contributed by atoms with Gasteiger partial charge in [0.25, 0.3) is 0 Å². The number of carboxylic acid groups (broad SMARTS) is 1. The molecule has 8 heteroatoms. The smallest absolute Gasteiger partial charge is 0.338 e. The van der Waals surface area contributed by atoms with Crippen LogP contribution in [0.5, 0.6) is 0 Å². The zero-order valence-corrected chi connectivity index (χ0v) is 19.4. The van der Waals surface area contributed by atoms with Gasteiger partial charge in [-0.1, -0.05) is 13.0 Å². The van der Waals surface area contributed by atoms with Crippen molar-refractivity contribution in [2.75, 3.05) is 32.6 Å². The Hall–Kier alpha value is -1.87. The number of benzene rings is 1. The Balaban J connectivity index is 2.05. The van der Waals surface area contributed by atoms with Crippen molar-refractivity contribution < 1.29 is 23.8 Å². The molecule has 3 rings (SSSR count). The van der Waals surface area contributed by atoms with Crippen LogP contribution in [0.4, 0.5) is 4.39 Å². The van der Waals surface area contributed by atoms with E-state index in [4.69, 9.17) is 9.47 Å². The topological polar surface area (TPSA) is 62.2 Å². The fraction of sp³-hybridized carbons (Fsp3) is 0.522. The van der Waals surface area contributed by atoms with Crippen LogP contribution >= 0.6 is 11.8 Å². The summed E-state index contributed by atoms with van der Waals surface area (Å²) in [6.07, 6.45) is 1.93. The number of thioether (sulfide) groups is 1. The number of morpholine rings is 1. The van der Waals surface area contributed by atoms with Crippen molar-refractivity contribution in [1.29, 1.82) is 0 Å². The molecule has 2 atom stereocenters. The second-order valence-corrected chi connectivity index (χ2v) is 9.08. The highest BCUT2D eigenvalue weighted by Gasteiger charge is 2.36. The molecule has 0 aromatic heterocycles. The van der Waals surface area contributed by atoms with Gasteiger partial charge in [0.15, 0.2) is 0 Å². The molecule has 0 radical (unpaired) electrons. The van der Waals surface area contributed by atoms with Crippen molar-refractivity contribution in [3.05, 3.63) is 57.4 Å². The van der Waals surface area contributed by atoms with E-state index in [1.54, 1.807) is 12.1 Å². The minimum absolute atomic E-state index is 0.105. The Morgan fingerprint density at radius 1 is 1.42 bits per heavy atom. The molecule has 2 aliphatic rings. The molecule has 1 fully saturated rings. The summed E-state index contributed by atoms with van der Waals surface area (Å²) in [7, 11) is 1.54. The van der Waals surface area contributed by atoms with E-state index in [-0.39, 0.29) is 24.6 Å². The van der Waals surface area contributed by atoms with Gasteiger partial charge in [-0.05, 0) is 48.9 Å². The van der Waals surface area contributed by atoms with Crippen molar-refractivity contribution >= 4 is 17.7 Å².